The molecule has 0 aromatic heterocycles. The number of fused-ring (bicyclic) bond motifs is 1. The molecular formula is C9H15N2+. The Morgan fingerprint density at radius 2 is 2.27 bits per heavy atom. The van der Waals surface area contributed by atoms with Gasteiger partial charge in [0.25, 0.3) is 0 Å². The molecule has 2 rings (SSSR count). The highest BCUT2D eigenvalue weighted by Gasteiger charge is 2.20. The van der Waals surface area contributed by atoms with Gasteiger partial charge in [-0.25, -0.2) is 0 Å². The van der Waals surface area contributed by atoms with Gasteiger partial charge in [-0.05, 0) is 30.5 Å². The summed E-state index contributed by atoms with van der Waals surface area (Å²) in [4.78, 5) is 0. The molecule has 0 saturated carbocycles. The van der Waals surface area contributed by atoms with Gasteiger partial charge in [0, 0.05) is 12.8 Å². The lowest BCUT2D eigenvalue weighted by atomic mass is 10.1. The van der Waals surface area contributed by atoms with E-state index in [1.165, 1.54) is 37.8 Å². The van der Waals surface area contributed by atoms with E-state index in [9.17, 15) is 0 Å². The predicted octanol–water partition coefficient (Wildman–Crippen LogP) is 2.31. The van der Waals surface area contributed by atoms with Crippen LogP contribution < -0.4 is 0 Å². The van der Waals surface area contributed by atoms with Crippen LogP contribution in [0.5, 0.6) is 0 Å². The molecule has 0 radical (unpaired) electrons. The molecule has 2 heterocycles. The largest absolute Gasteiger partial charge is 0.204 e. The van der Waals surface area contributed by atoms with Crippen LogP contribution in [0.25, 0.3) is 0 Å². The van der Waals surface area contributed by atoms with E-state index in [-0.39, 0.29) is 0 Å². The van der Waals surface area contributed by atoms with Gasteiger partial charge in [-0.15, -0.1) is 0 Å². The highest BCUT2D eigenvalue weighted by molar-refractivity contribution is 4.93. The molecule has 0 aromatic rings. The zero-order valence-electron chi connectivity index (χ0n) is 6.92. The van der Waals surface area contributed by atoms with Gasteiger partial charge in [-0.2, -0.15) is 0 Å². The molecule has 0 amide bonds. The van der Waals surface area contributed by atoms with Crippen molar-refractivity contribution in [3.05, 3.63) is 11.8 Å². The number of hydrogen-bond donors (Lipinski definition) is 0. The Bertz CT molecular complexity index is 204. The van der Waals surface area contributed by atoms with E-state index in [0.717, 1.165) is 13.1 Å². The van der Waals surface area contributed by atoms with E-state index >= 15 is 0 Å². The van der Waals surface area contributed by atoms with Gasteiger partial charge < -0.3 is 0 Å². The SMILES string of the molecule is C1=C2CCCCN=[N+]2CCC1. The number of azo groups is 2. The van der Waals surface area contributed by atoms with Crippen LogP contribution in [-0.4, -0.2) is 17.8 Å². The van der Waals surface area contributed by atoms with Gasteiger partial charge in [0.1, 0.15) is 6.54 Å². The summed E-state index contributed by atoms with van der Waals surface area (Å²) in [5.41, 5.74) is 1.48. The topological polar surface area (TPSA) is 15.4 Å². The lowest BCUT2D eigenvalue weighted by Crippen LogP contribution is -2.14. The normalized spacial score (nSPS) is 24.7. The molecule has 0 atom stereocenters. The maximum atomic E-state index is 4.51. The van der Waals surface area contributed by atoms with Gasteiger partial charge >= 0.3 is 0 Å². The fourth-order valence-corrected chi connectivity index (χ4v) is 1.76. The zero-order chi connectivity index (χ0) is 7.52. The molecule has 0 saturated heterocycles. The van der Waals surface area contributed by atoms with E-state index in [4.69, 9.17) is 0 Å². The van der Waals surface area contributed by atoms with Crippen molar-refractivity contribution in [1.29, 1.82) is 0 Å². The molecule has 0 fully saturated rings. The van der Waals surface area contributed by atoms with Crippen LogP contribution in [0.15, 0.2) is 16.9 Å². The summed E-state index contributed by atoms with van der Waals surface area (Å²) in [6, 6.07) is 0. The third kappa shape index (κ3) is 1.50. The van der Waals surface area contributed by atoms with Crippen LogP contribution in [0.4, 0.5) is 0 Å². The molecule has 2 heteroatoms. The molecule has 0 bridgehead atoms. The second kappa shape index (κ2) is 3.16. The second-order valence-electron chi connectivity index (χ2n) is 3.28. The number of allylic oxidation sites excluding steroid dienone is 2. The first-order valence-corrected chi connectivity index (χ1v) is 4.61. The van der Waals surface area contributed by atoms with Gasteiger partial charge in [-0.1, -0.05) is 4.70 Å². The van der Waals surface area contributed by atoms with Crippen LogP contribution in [0.3, 0.4) is 0 Å². The van der Waals surface area contributed by atoms with Gasteiger partial charge in [0.05, 0.1) is 0 Å². The molecular weight excluding hydrogens is 136 g/mol. The number of hydrogen-bond acceptors (Lipinski definition) is 1. The maximum Gasteiger partial charge on any atom is 0.204 e. The molecule has 11 heavy (non-hydrogen) atoms. The average Bonchev–Trinajstić information content (AvgIpc) is 2.28. The minimum atomic E-state index is 1.04. The average molecular weight is 151 g/mol. The molecule has 0 unspecified atom stereocenters. The fraction of sp³-hybridized carbons (Fsp3) is 0.778. The molecule has 0 N–H and O–H groups in total. The Morgan fingerprint density at radius 1 is 1.27 bits per heavy atom. The Balaban J connectivity index is 2.21. The van der Waals surface area contributed by atoms with Crippen molar-refractivity contribution < 1.29 is 4.70 Å². The fourth-order valence-electron chi connectivity index (χ4n) is 1.76. The van der Waals surface area contributed by atoms with Crippen molar-refractivity contribution in [3.8, 4) is 0 Å². The summed E-state index contributed by atoms with van der Waals surface area (Å²) in [6.45, 7) is 2.20. The van der Waals surface area contributed by atoms with E-state index in [1.54, 1.807) is 0 Å². The molecule has 2 aliphatic heterocycles. The van der Waals surface area contributed by atoms with Crippen LogP contribution in [0.2, 0.25) is 0 Å². The molecule has 2 nitrogen and oxygen atoms in total. The Kier molecular flexibility index (Phi) is 2.01. The third-order valence-corrected chi connectivity index (χ3v) is 2.40. The molecule has 2 aliphatic rings. The van der Waals surface area contributed by atoms with Gasteiger partial charge in [-0.3, -0.25) is 0 Å². The Hall–Kier alpha value is -0.660. The minimum Gasteiger partial charge on any atom is -0.0935 e. The predicted molar refractivity (Wildman–Crippen MR) is 43.6 cm³/mol. The van der Waals surface area contributed by atoms with Crippen molar-refractivity contribution in [1.82, 2.24) is 0 Å². The van der Waals surface area contributed by atoms with Crippen molar-refractivity contribution in [2.75, 3.05) is 13.1 Å². The monoisotopic (exact) mass is 151 g/mol. The first-order chi connectivity index (χ1) is 5.47. The lowest BCUT2D eigenvalue weighted by molar-refractivity contribution is -0.552. The van der Waals surface area contributed by atoms with E-state index in [0.29, 0.717) is 0 Å². The van der Waals surface area contributed by atoms with Crippen LogP contribution in [0, 0.1) is 0 Å². The van der Waals surface area contributed by atoms with Crippen LogP contribution in [0.1, 0.15) is 32.1 Å². The van der Waals surface area contributed by atoms with E-state index in [1.807, 2.05) is 0 Å². The summed E-state index contributed by atoms with van der Waals surface area (Å²) in [7, 11) is 0. The number of nitrogens with zero attached hydrogens (tertiary/aromatic N) is 2. The Morgan fingerprint density at radius 3 is 3.27 bits per heavy atom. The third-order valence-electron chi connectivity index (χ3n) is 2.40. The summed E-state index contributed by atoms with van der Waals surface area (Å²) >= 11 is 0. The summed E-state index contributed by atoms with van der Waals surface area (Å²) in [5, 5.41) is 4.51. The van der Waals surface area contributed by atoms with Gasteiger partial charge in [0.15, 0.2) is 6.54 Å². The first kappa shape index (κ1) is 7.01. The van der Waals surface area contributed by atoms with Crippen molar-refractivity contribution in [2.24, 2.45) is 5.11 Å². The molecule has 0 aromatic carbocycles. The Labute approximate surface area is 67.6 Å². The van der Waals surface area contributed by atoms with Crippen LogP contribution >= 0.6 is 0 Å². The molecule has 0 aliphatic carbocycles. The van der Waals surface area contributed by atoms with Crippen molar-refractivity contribution >= 4 is 0 Å². The van der Waals surface area contributed by atoms with E-state index < -0.39 is 0 Å². The smallest absolute Gasteiger partial charge is 0.0935 e. The highest BCUT2D eigenvalue weighted by Crippen LogP contribution is 2.19. The van der Waals surface area contributed by atoms with Crippen LogP contribution in [-0.2, 0) is 0 Å². The van der Waals surface area contributed by atoms with Crippen molar-refractivity contribution in [2.45, 2.75) is 32.1 Å². The summed E-state index contributed by atoms with van der Waals surface area (Å²) in [6.07, 6.45) is 8.76. The minimum absolute atomic E-state index is 1.04. The quantitative estimate of drug-likeness (QED) is 0.472. The van der Waals surface area contributed by atoms with E-state index in [2.05, 4.69) is 15.9 Å². The second-order valence-corrected chi connectivity index (χ2v) is 3.28. The molecule has 0 spiro atoms. The standard InChI is InChI=1S/C9H15N2/c1-3-7-10-11-8-4-2-6-9(11)5-1/h6H,1-5,7-8H2/q+1. The highest BCUT2D eigenvalue weighted by atomic mass is 15.3. The van der Waals surface area contributed by atoms with Gasteiger partial charge in [0.2, 0.25) is 5.70 Å². The zero-order valence-corrected chi connectivity index (χ0v) is 6.92. The molecule has 60 valence electrons. The lowest BCUT2D eigenvalue weighted by Gasteiger charge is -2.05. The number of rotatable bonds is 0. The van der Waals surface area contributed by atoms with Crippen molar-refractivity contribution in [3.63, 3.8) is 0 Å². The summed E-state index contributed by atoms with van der Waals surface area (Å²) in [5.74, 6) is 0. The summed E-state index contributed by atoms with van der Waals surface area (Å²) < 4.78 is 2.22. The maximum absolute atomic E-state index is 4.51. The first-order valence-electron chi connectivity index (χ1n) is 4.61.